The quantitative estimate of drug-likeness (QED) is 0.347. The molecule has 2 aliphatic rings. The molecule has 0 saturated heterocycles. The van der Waals surface area contributed by atoms with E-state index in [1.54, 1.807) is 10.9 Å². The van der Waals surface area contributed by atoms with Crippen molar-refractivity contribution < 1.29 is 0 Å². The first-order valence-corrected chi connectivity index (χ1v) is 15.8. The highest BCUT2D eigenvalue weighted by Gasteiger charge is 2.41. The van der Waals surface area contributed by atoms with Gasteiger partial charge in [-0.15, -0.1) is 0 Å². The molecule has 0 bridgehead atoms. The summed E-state index contributed by atoms with van der Waals surface area (Å²) in [5.41, 5.74) is 6.55. The van der Waals surface area contributed by atoms with Gasteiger partial charge in [-0.05, 0) is 76.3 Å². The van der Waals surface area contributed by atoms with Crippen molar-refractivity contribution in [2.45, 2.75) is 84.2 Å². The van der Waals surface area contributed by atoms with Gasteiger partial charge in [-0.3, -0.25) is 0 Å². The molecule has 2 aliphatic carbocycles. The van der Waals surface area contributed by atoms with E-state index in [4.69, 9.17) is 0 Å². The van der Waals surface area contributed by atoms with Crippen LogP contribution in [0.15, 0.2) is 89.8 Å². The number of allylic oxidation sites excluding steroid dienone is 8. The maximum atomic E-state index is 2.53. The standard InChI is InChI=1S/C33H42P2/c1-24-16-9-13-21-29(24)34(31-22-14-12-19-28(31)26-17-10-11-18-26)30-23-15-20-27(30)25(2)35(32(3,4)5)33(6,7)8/h9-17,19,21-23,25H,18,20H2,1-8H3/t25-,34?/m1/s1. The summed E-state index contributed by atoms with van der Waals surface area (Å²) in [5, 5.41) is 5.22. The third-order valence-corrected chi connectivity index (χ3v) is 13.9. The van der Waals surface area contributed by atoms with Crippen molar-refractivity contribution >= 4 is 32.0 Å². The maximum Gasteiger partial charge on any atom is -0.000563 e. The molecule has 2 aromatic rings. The van der Waals surface area contributed by atoms with E-state index in [-0.39, 0.29) is 7.92 Å². The van der Waals surface area contributed by atoms with Crippen LogP contribution in [-0.4, -0.2) is 16.0 Å². The molecule has 0 nitrogen and oxygen atoms in total. The van der Waals surface area contributed by atoms with Gasteiger partial charge in [0.15, 0.2) is 0 Å². The van der Waals surface area contributed by atoms with E-state index >= 15 is 0 Å². The maximum absolute atomic E-state index is 2.53. The Morgan fingerprint density at radius 1 is 0.771 bits per heavy atom. The molecule has 1 unspecified atom stereocenters. The Hall–Kier alpha value is -1.74. The Bertz CT molecular complexity index is 1180. The minimum atomic E-state index is -0.643. The summed E-state index contributed by atoms with van der Waals surface area (Å²) in [5.74, 6) is 0. The third-order valence-electron chi connectivity index (χ3n) is 7.14. The van der Waals surface area contributed by atoms with E-state index in [0.29, 0.717) is 16.0 Å². The smallest absolute Gasteiger partial charge is 0.000563 e. The van der Waals surface area contributed by atoms with Crippen LogP contribution in [0.25, 0.3) is 5.57 Å². The first kappa shape index (κ1) is 26.3. The first-order chi connectivity index (χ1) is 16.5. The summed E-state index contributed by atoms with van der Waals surface area (Å²) in [7, 11) is -0.880. The highest BCUT2D eigenvalue weighted by Crippen LogP contribution is 2.66. The predicted octanol–water partition coefficient (Wildman–Crippen LogP) is 9.45. The van der Waals surface area contributed by atoms with Gasteiger partial charge in [-0.2, -0.15) is 0 Å². The van der Waals surface area contributed by atoms with Crippen LogP contribution in [0.4, 0.5) is 0 Å². The molecule has 0 heterocycles. The van der Waals surface area contributed by atoms with Gasteiger partial charge in [0.1, 0.15) is 0 Å². The zero-order valence-electron chi connectivity index (χ0n) is 22.9. The van der Waals surface area contributed by atoms with E-state index in [1.165, 1.54) is 27.3 Å². The summed E-state index contributed by atoms with van der Waals surface area (Å²) in [4.78, 5) is 0. The number of hydrogen-bond donors (Lipinski definition) is 0. The van der Waals surface area contributed by atoms with E-state index in [9.17, 15) is 0 Å². The highest BCUT2D eigenvalue weighted by atomic mass is 31.1. The second kappa shape index (κ2) is 10.3. The Morgan fingerprint density at radius 2 is 1.40 bits per heavy atom. The molecule has 2 atom stereocenters. The second-order valence-corrected chi connectivity index (χ2v) is 18.2. The lowest BCUT2D eigenvalue weighted by Gasteiger charge is -2.46. The van der Waals surface area contributed by atoms with Gasteiger partial charge in [0.05, 0.1) is 0 Å². The summed E-state index contributed by atoms with van der Waals surface area (Å²) < 4.78 is 0. The fourth-order valence-corrected chi connectivity index (χ4v) is 14.2. The Balaban J connectivity index is 1.93. The molecule has 0 fully saturated rings. The molecule has 2 aromatic carbocycles. The SMILES string of the molecule is Cc1ccccc1P(C1=C([C@@H](C)P(C(C)(C)C)C(C)(C)C)CC=C1)c1ccccc1C1=CC=CC1. The van der Waals surface area contributed by atoms with Crippen LogP contribution in [-0.2, 0) is 0 Å². The molecule has 2 heteroatoms. The minimum absolute atomic E-state index is 0.237. The lowest BCUT2D eigenvalue weighted by molar-refractivity contribution is 0.693. The molecule has 0 saturated carbocycles. The zero-order valence-corrected chi connectivity index (χ0v) is 24.7. The van der Waals surface area contributed by atoms with Crippen molar-refractivity contribution in [3.05, 3.63) is 101 Å². The van der Waals surface area contributed by atoms with E-state index in [0.717, 1.165) is 12.8 Å². The van der Waals surface area contributed by atoms with E-state index < -0.39 is 7.92 Å². The van der Waals surface area contributed by atoms with Gasteiger partial charge in [0.25, 0.3) is 0 Å². The Morgan fingerprint density at radius 3 is 2.00 bits per heavy atom. The topological polar surface area (TPSA) is 0 Å². The summed E-state index contributed by atoms with van der Waals surface area (Å²) in [6.07, 6.45) is 13.9. The fourth-order valence-electron chi connectivity index (χ4n) is 6.23. The van der Waals surface area contributed by atoms with Gasteiger partial charge < -0.3 is 0 Å². The molecule has 184 valence electrons. The molecule has 35 heavy (non-hydrogen) atoms. The zero-order chi connectivity index (χ0) is 25.4. The Labute approximate surface area is 216 Å². The number of rotatable bonds is 6. The fraction of sp³-hybridized carbons (Fsp3) is 0.394. The van der Waals surface area contributed by atoms with Gasteiger partial charge in [-0.1, -0.05) is 141 Å². The van der Waals surface area contributed by atoms with Crippen LogP contribution in [0.2, 0.25) is 0 Å². The van der Waals surface area contributed by atoms with Crippen molar-refractivity contribution in [3.63, 3.8) is 0 Å². The van der Waals surface area contributed by atoms with Crippen molar-refractivity contribution in [2.75, 3.05) is 0 Å². The van der Waals surface area contributed by atoms with Crippen LogP contribution in [0.3, 0.4) is 0 Å². The first-order valence-electron chi connectivity index (χ1n) is 13.0. The van der Waals surface area contributed by atoms with Crippen LogP contribution < -0.4 is 10.6 Å². The molecule has 0 N–H and O–H groups in total. The van der Waals surface area contributed by atoms with Crippen LogP contribution in [0, 0.1) is 6.92 Å². The monoisotopic (exact) mass is 500 g/mol. The molecule has 4 rings (SSSR count). The van der Waals surface area contributed by atoms with E-state index in [2.05, 4.69) is 134 Å². The molecule has 0 radical (unpaired) electrons. The van der Waals surface area contributed by atoms with Crippen LogP contribution in [0.1, 0.15) is 72.4 Å². The number of benzene rings is 2. The number of hydrogen-bond acceptors (Lipinski definition) is 0. The van der Waals surface area contributed by atoms with Crippen molar-refractivity contribution in [2.24, 2.45) is 0 Å². The molecular formula is C33H42P2. The van der Waals surface area contributed by atoms with Gasteiger partial charge in [0, 0.05) is 0 Å². The van der Waals surface area contributed by atoms with Gasteiger partial charge in [-0.25, -0.2) is 0 Å². The third kappa shape index (κ3) is 5.50. The highest BCUT2D eigenvalue weighted by molar-refractivity contribution is 7.77. The second-order valence-electron chi connectivity index (χ2n) is 11.9. The van der Waals surface area contributed by atoms with E-state index in [1.807, 2.05) is 0 Å². The van der Waals surface area contributed by atoms with Gasteiger partial charge in [0.2, 0.25) is 0 Å². The molecule has 0 amide bonds. The van der Waals surface area contributed by atoms with Crippen molar-refractivity contribution in [3.8, 4) is 0 Å². The molecule has 0 aromatic heterocycles. The van der Waals surface area contributed by atoms with Gasteiger partial charge >= 0.3 is 0 Å². The largest absolute Gasteiger partial charge is 0.0885 e. The minimum Gasteiger partial charge on any atom is -0.0885 e. The average molecular weight is 501 g/mol. The van der Waals surface area contributed by atoms with Crippen LogP contribution in [0.5, 0.6) is 0 Å². The van der Waals surface area contributed by atoms with Crippen molar-refractivity contribution in [1.29, 1.82) is 0 Å². The normalized spacial score (nSPS) is 17.9. The molecule has 0 aliphatic heterocycles. The summed E-state index contributed by atoms with van der Waals surface area (Å²) >= 11 is 0. The summed E-state index contributed by atoms with van der Waals surface area (Å²) in [6.45, 7) is 19.6. The molecular weight excluding hydrogens is 458 g/mol. The predicted molar refractivity (Wildman–Crippen MR) is 162 cm³/mol. The lowest BCUT2D eigenvalue weighted by Crippen LogP contribution is -2.31. The lowest BCUT2D eigenvalue weighted by atomic mass is 10.1. The van der Waals surface area contributed by atoms with Crippen molar-refractivity contribution in [1.82, 2.24) is 0 Å². The molecule has 0 spiro atoms. The van der Waals surface area contributed by atoms with Crippen LogP contribution >= 0.6 is 15.8 Å². The number of aryl methyl sites for hydroxylation is 1. The summed E-state index contributed by atoms with van der Waals surface area (Å²) in [6, 6.07) is 18.3. The average Bonchev–Trinajstić information content (AvgIpc) is 3.46. The Kier molecular flexibility index (Phi) is 7.77.